The molecule has 0 aromatic rings. The number of aliphatic carboxylic acids is 2. The number of carboxylic acid groups (broad SMARTS) is 2. The standard InChI is InChI=1S/C10H14O4/c1-5-2-3-10(4-5)6(8(11)12)7(10)9(13)14/h5-7H,2-4H2,1H3,(H,11,12)(H,13,14). The van der Waals surface area contributed by atoms with Gasteiger partial charge in [-0.3, -0.25) is 9.59 Å². The summed E-state index contributed by atoms with van der Waals surface area (Å²) in [4.78, 5) is 21.8. The lowest BCUT2D eigenvalue weighted by Crippen LogP contribution is -2.07. The molecule has 0 radical (unpaired) electrons. The second-order valence-electron chi connectivity index (χ2n) is 4.71. The van der Waals surface area contributed by atoms with Gasteiger partial charge in [0.1, 0.15) is 0 Å². The molecule has 4 nitrogen and oxygen atoms in total. The van der Waals surface area contributed by atoms with E-state index in [1.54, 1.807) is 0 Å². The van der Waals surface area contributed by atoms with E-state index in [0.717, 1.165) is 19.3 Å². The summed E-state index contributed by atoms with van der Waals surface area (Å²) in [5, 5.41) is 17.8. The monoisotopic (exact) mass is 198 g/mol. The van der Waals surface area contributed by atoms with Crippen LogP contribution in [-0.2, 0) is 9.59 Å². The minimum Gasteiger partial charge on any atom is -0.481 e. The maximum Gasteiger partial charge on any atom is 0.307 e. The lowest BCUT2D eigenvalue weighted by Gasteiger charge is -2.06. The van der Waals surface area contributed by atoms with Gasteiger partial charge in [0.2, 0.25) is 0 Å². The van der Waals surface area contributed by atoms with E-state index in [1.807, 2.05) is 0 Å². The molecule has 1 spiro atoms. The Morgan fingerprint density at radius 2 is 1.71 bits per heavy atom. The highest BCUT2D eigenvalue weighted by Gasteiger charge is 2.72. The van der Waals surface area contributed by atoms with Crippen LogP contribution >= 0.6 is 0 Å². The Bertz CT molecular complexity index is 276. The van der Waals surface area contributed by atoms with Crippen molar-refractivity contribution in [3.8, 4) is 0 Å². The van der Waals surface area contributed by atoms with Crippen molar-refractivity contribution in [2.75, 3.05) is 0 Å². The van der Waals surface area contributed by atoms with Gasteiger partial charge in [-0.15, -0.1) is 0 Å². The fourth-order valence-electron chi connectivity index (χ4n) is 3.20. The Morgan fingerprint density at radius 3 is 2.00 bits per heavy atom. The van der Waals surface area contributed by atoms with Crippen molar-refractivity contribution in [3.63, 3.8) is 0 Å². The van der Waals surface area contributed by atoms with E-state index in [-0.39, 0.29) is 0 Å². The molecular formula is C10H14O4. The van der Waals surface area contributed by atoms with Gasteiger partial charge in [0.25, 0.3) is 0 Å². The Kier molecular flexibility index (Phi) is 1.84. The molecule has 0 bridgehead atoms. The molecule has 2 rings (SSSR count). The first-order chi connectivity index (χ1) is 6.49. The molecule has 4 heteroatoms. The third kappa shape index (κ3) is 1.06. The summed E-state index contributed by atoms with van der Waals surface area (Å²) < 4.78 is 0. The Balaban J connectivity index is 2.21. The minimum atomic E-state index is -0.938. The maximum atomic E-state index is 10.9. The van der Waals surface area contributed by atoms with Crippen LogP contribution in [0.2, 0.25) is 0 Å². The molecule has 2 aliphatic carbocycles. The van der Waals surface area contributed by atoms with E-state index in [4.69, 9.17) is 10.2 Å². The summed E-state index contributed by atoms with van der Waals surface area (Å²) in [7, 11) is 0. The van der Waals surface area contributed by atoms with E-state index in [0.29, 0.717) is 5.92 Å². The van der Waals surface area contributed by atoms with E-state index in [9.17, 15) is 9.59 Å². The third-order valence-corrected chi connectivity index (χ3v) is 3.83. The van der Waals surface area contributed by atoms with Crippen LogP contribution in [0.25, 0.3) is 0 Å². The van der Waals surface area contributed by atoms with Gasteiger partial charge in [0.15, 0.2) is 0 Å². The van der Waals surface area contributed by atoms with Crippen LogP contribution in [0.5, 0.6) is 0 Å². The molecular weight excluding hydrogens is 184 g/mol. The van der Waals surface area contributed by atoms with Crippen molar-refractivity contribution >= 4 is 11.9 Å². The number of carbonyl (C=O) groups is 2. The molecule has 0 amide bonds. The van der Waals surface area contributed by atoms with E-state index >= 15 is 0 Å². The van der Waals surface area contributed by atoms with Gasteiger partial charge in [-0.25, -0.2) is 0 Å². The molecule has 2 fully saturated rings. The smallest absolute Gasteiger partial charge is 0.307 e. The number of hydrogen-bond donors (Lipinski definition) is 2. The largest absolute Gasteiger partial charge is 0.481 e. The second-order valence-corrected chi connectivity index (χ2v) is 4.71. The summed E-state index contributed by atoms with van der Waals surface area (Å²) in [6.07, 6.45) is 2.50. The van der Waals surface area contributed by atoms with Gasteiger partial charge in [0.05, 0.1) is 11.8 Å². The highest BCUT2D eigenvalue weighted by atomic mass is 16.4. The SMILES string of the molecule is CC1CCC2(C1)C(C(=O)O)C2C(=O)O. The highest BCUT2D eigenvalue weighted by Crippen LogP contribution is 2.68. The normalized spacial score (nSPS) is 45.4. The average molecular weight is 198 g/mol. The van der Waals surface area contributed by atoms with E-state index in [1.165, 1.54) is 0 Å². The van der Waals surface area contributed by atoms with Crippen molar-refractivity contribution < 1.29 is 19.8 Å². The zero-order chi connectivity index (χ0) is 10.5. The zero-order valence-corrected chi connectivity index (χ0v) is 8.06. The molecule has 0 heterocycles. The third-order valence-electron chi connectivity index (χ3n) is 3.83. The van der Waals surface area contributed by atoms with E-state index < -0.39 is 29.2 Å². The van der Waals surface area contributed by atoms with Gasteiger partial charge in [0, 0.05) is 0 Å². The quantitative estimate of drug-likeness (QED) is 0.699. The average Bonchev–Trinajstić information content (AvgIpc) is 2.55. The minimum absolute atomic E-state index is 0.406. The fraction of sp³-hybridized carbons (Fsp3) is 0.800. The first-order valence-electron chi connectivity index (χ1n) is 4.94. The van der Waals surface area contributed by atoms with Crippen molar-refractivity contribution in [3.05, 3.63) is 0 Å². The second kappa shape index (κ2) is 2.72. The van der Waals surface area contributed by atoms with E-state index in [2.05, 4.69) is 6.92 Å². The number of rotatable bonds is 2. The lowest BCUT2D eigenvalue weighted by atomic mass is 9.98. The molecule has 78 valence electrons. The highest BCUT2D eigenvalue weighted by molar-refractivity contribution is 5.88. The molecule has 2 aliphatic rings. The van der Waals surface area contributed by atoms with Crippen LogP contribution in [0, 0.1) is 23.2 Å². The first-order valence-corrected chi connectivity index (χ1v) is 4.94. The molecule has 2 N–H and O–H groups in total. The van der Waals surface area contributed by atoms with Crippen molar-refractivity contribution in [1.82, 2.24) is 0 Å². The van der Waals surface area contributed by atoms with Crippen molar-refractivity contribution in [2.24, 2.45) is 23.2 Å². The fourth-order valence-corrected chi connectivity index (χ4v) is 3.20. The topological polar surface area (TPSA) is 74.6 Å². The van der Waals surface area contributed by atoms with Crippen LogP contribution in [-0.4, -0.2) is 22.2 Å². The summed E-state index contributed by atoms with van der Waals surface area (Å²) >= 11 is 0. The van der Waals surface area contributed by atoms with Gasteiger partial charge >= 0.3 is 11.9 Å². The number of hydrogen-bond acceptors (Lipinski definition) is 2. The predicted octanol–water partition coefficient (Wildman–Crippen LogP) is 1.21. The van der Waals surface area contributed by atoms with Crippen molar-refractivity contribution in [1.29, 1.82) is 0 Å². The molecule has 3 atom stereocenters. The number of carboxylic acids is 2. The van der Waals surface area contributed by atoms with Gasteiger partial charge in [-0.05, 0) is 24.2 Å². The van der Waals surface area contributed by atoms with Crippen LogP contribution < -0.4 is 0 Å². The predicted molar refractivity (Wildman–Crippen MR) is 47.7 cm³/mol. The lowest BCUT2D eigenvalue weighted by molar-refractivity contribution is -0.144. The molecule has 0 aromatic heterocycles. The molecule has 2 saturated carbocycles. The maximum absolute atomic E-state index is 10.9. The molecule has 0 saturated heterocycles. The Hall–Kier alpha value is -1.06. The summed E-state index contributed by atoms with van der Waals surface area (Å²) in [5.41, 5.74) is -0.406. The zero-order valence-electron chi connectivity index (χ0n) is 8.06. The van der Waals surface area contributed by atoms with Crippen LogP contribution in [0.15, 0.2) is 0 Å². The summed E-state index contributed by atoms with van der Waals surface area (Å²) in [6, 6.07) is 0. The molecule has 0 aliphatic heterocycles. The van der Waals surface area contributed by atoms with Crippen LogP contribution in [0.4, 0.5) is 0 Å². The van der Waals surface area contributed by atoms with Crippen LogP contribution in [0.1, 0.15) is 26.2 Å². The van der Waals surface area contributed by atoms with Gasteiger partial charge in [-0.2, -0.15) is 0 Å². The molecule has 14 heavy (non-hydrogen) atoms. The van der Waals surface area contributed by atoms with Crippen LogP contribution in [0.3, 0.4) is 0 Å². The Labute approximate surface area is 81.9 Å². The van der Waals surface area contributed by atoms with Gasteiger partial charge in [-0.1, -0.05) is 13.3 Å². The Morgan fingerprint density at radius 1 is 1.21 bits per heavy atom. The first kappa shape index (κ1) is 9.49. The molecule has 0 aromatic carbocycles. The van der Waals surface area contributed by atoms with Crippen molar-refractivity contribution in [2.45, 2.75) is 26.2 Å². The summed E-state index contributed by atoms with van der Waals surface area (Å²) in [5.74, 6) is -2.67. The summed E-state index contributed by atoms with van der Waals surface area (Å²) in [6.45, 7) is 2.06. The molecule has 3 unspecified atom stereocenters. The van der Waals surface area contributed by atoms with Gasteiger partial charge < -0.3 is 10.2 Å².